The third-order valence-corrected chi connectivity index (χ3v) is 2.63. The number of pyridine rings is 1. The molecule has 2 rings (SSSR count). The molecule has 7 heteroatoms. The summed E-state index contributed by atoms with van der Waals surface area (Å²) in [5.74, 6) is 0.322. The minimum absolute atomic E-state index is 0.235. The minimum atomic E-state index is -0.235. The summed E-state index contributed by atoms with van der Waals surface area (Å²) >= 11 is 3.30. The summed E-state index contributed by atoms with van der Waals surface area (Å²) in [5, 5.41) is 12.2. The smallest absolute Gasteiger partial charge is 0.259 e. The fourth-order valence-electron chi connectivity index (χ4n) is 1.44. The summed E-state index contributed by atoms with van der Waals surface area (Å²) in [6.07, 6.45) is 4.79. The van der Waals surface area contributed by atoms with Crippen molar-refractivity contribution in [1.29, 1.82) is 0 Å². The highest BCUT2D eigenvalue weighted by Crippen LogP contribution is 2.19. The zero-order valence-electron chi connectivity index (χ0n) is 9.70. The first kappa shape index (κ1) is 12.6. The third kappa shape index (κ3) is 2.86. The van der Waals surface area contributed by atoms with Gasteiger partial charge in [0.05, 0.1) is 17.4 Å². The van der Waals surface area contributed by atoms with Gasteiger partial charge in [-0.3, -0.25) is 9.89 Å². The summed E-state index contributed by atoms with van der Waals surface area (Å²) in [4.78, 5) is 16.3. The molecule has 2 heterocycles. The molecule has 3 N–H and O–H groups in total. The topological polar surface area (TPSA) is 82.7 Å². The van der Waals surface area contributed by atoms with Crippen LogP contribution in [0.1, 0.15) is 17.3 Å². The van der Waals surface area contributed by atoms with E-state index in [4.69, 9.17) is 0 Å². The van der Waals surface area contributed by atoms with Gasteiger partial charge in [-0.1, -0.05) is 0 Å². The third-order valence-electron chi connectivity index (χ3n) is 2.20. The van der Waals surface area contributed by atoms with Crippen LogP contribution in [-0.2, 0) is 0 Å². The predicted octanol–water partition coefficient (Wildman–Crippen LogP) is 2.25. The number of carbonyl (C=O) groups is 1. The summed E-state index contributed by atoms with van der Waals surface area (Å²) in [7, 11) is 0. The molecule has 6 nitrogen and oxygen atoms in total. The van der Waals surface area contributed by atoms with Crippen molar-refractivity contribution in [3.8, 4) is 0 Å². The highest BCUT2D eigenvalue weighted by molar-refractivity contribution is 9.10. The van der Waals surface area contributed by atoms with Crippen molar-refractivity contribution >= 4 is 33.3 Å². The predicted molar refractivity (Wildman–Crippen MR) is 72.6 cm³/mol. The van der Waals surface area contributed by atoms with Crippen LogP contribution in [-0.4, -0.2) is 27.6 Å². The Balaban J connectivity index is 2.25. The second-order valence-electron chi connectivity index (χ2n) is 3.52. The van der Waals surface area contributed by atoms with Gasteiger partial charge in [0, 0.05) is 23.4 Å². The largest absolute Gasteiger partial charge is 0.370 e. The number of hydrogen-bond acceptors (Lipinski definition) is 4. The van der Waals surface area contributed by atoms with Crippen LogP contribution in [0.2, 0.25) is 0 Å². The quantitative estimate of drug-likeness (QED) is 0.809. The number of carbonyl (C=O) groups excluding carboxylic acids is 1. The number of amides is 1. The Morgan fingerprint density at radius 1 is 1.50 bits per heavy atom. The molecule has 0 aliphatic rings. The van der Waals surface area contributed by atoms with E-state index in [0.29, 0.717) is 23.6 Å². The average Bonchev–Trinajstić information content (AvgIpc) is 2.84. The Hall–Kier alpha value is -1.89. The summed E-state index contributed by atoms with van der Waals surface area (Å²) in [6, 6.07) is 1.72. The van der Waals surface area contributed by atoms with E-state index in [1.54, 1.807) is 18.5 Å². The van der Waals surface area contributed by atoms with Crippen LogP contribution >= 0.6 is 15.9 Å². The van der Waals surface area contributed by atoms with Crippen LogP contribution in [0, 0.1) is 0 Å². The van der Waals surface area contributed by atoms with Gasteiger partial charge in [-0.15, -0.1) is 0 Å². The molecule has 0 fully saturated rings. The number of H-pyrrole nitrogens is 1. The molecule has 0 bridgehead atoms. The molecule has 0 saturated heterocycles. The summed E-state index contributed by atoms with van der Waals surface area (Å²) in [5.41, 5.74) is 1.09. The minimum Gasteiger partial charge on any atom is -0.370 e. The normalized spacial score (nSPS) is 10.1. The van der Waals surface area contributed by atoms with E-state index in [1.165, 1.54) is 6.20 Å². The first-order chi connectivity index (χ1) is 8.70. The molecule has 2 aromatic rings. The number of halogens is 1. The zero-order chi connectivity index (χ0) is 13.0. The summed E-state index contributed by atoms with van der Waals surface area (Å²) in [6.45, 7) is 2.64. The van der Waals surface area contributed by atoms with Gasteiger partial charge in [-0.2, -0.15) is 5.10 Å². The molecule has 0 radical (unpaired) electrons. The molecule has 0 atom stereocenters. The van der Waals surface area contributed by atoms with Crippen molar-refractivity contribution in [2.45, 2.75) is 6.92 Å². The van der Waals surface area contributed by atoms with Crippen LogP contribution in [0.25, 0.3) is 0 Å². The Morgan fingerprint density at radius 2 is 2.33 bits per heavy atom. The first-order valence-electron chi connectivity index (χ1n) is 5.40. The lowest BCUT2D eigenvalue weighted by Crippen LogP contribution is -2.15. The van der Waals surface area contributed by atoms with Gasteiger partial charge in [-0.25, -0.2) is 4.98 Å². The highest BCUT2D eigenvalue weighted by Gasteiger charge is 2.13. The molecular formula is C11H12BrN5O. The standard InChI is InChI=1S/C11H12BrN5O/c1-2-13-10-9(3-7(12)4-14-10)11(18)17-8-5-15-16-6-8/h3-6H,2H2,1H3,(H,13,14)(H,15,16)(H,17,18). The number of aromatic nitrogens is 3. The maximum absolute atomic E-state index is 12.1. The van der Waals surface area contributed by atoms with Crippen LogP contribution < -0.4 is 10.6 Å². The molecule has 94 valence electrons. The fraction of sp³-hybridized carbons (Fsp3) is 0.182. The molecule has 2 aromatic heterocycles. The average molecular weight is 310 g/mol. The van der Waals surface area contributed by atoms with Crippen molar-refractivity contribution in [3.63, 3.8) is 0 Å². The number of rotatable bonds is 4. The highest BCUT2D eigenvalue weighted by atomic mass is 79.9. The van der Waals surface area contributed by atoms with E-state index in [0.717, 1.165) is 4.47 Å². The molecule has 0 unspecified atom stereocenters. The molecular weight excluding hydrogens is 298 g/mol. The van der Waals surface area contributed by atoms with Crippen molar-refractivity contribution in [1.82, 2.24) is 15.2 Å². The van der Waals surface area contributed by atoms with Crippen LogP contribution in [0.15, 0.2) is 29.1 Å². The van der Waals surface area contributed by atoms with E-state index in [1.807, 2.05) is 6.92 Å². The second kappa shape index (κ2) is 5.63. The fourth-order valence-corrected chi connectivity index (χ4v) is 1.77. The molecule has 0 spiro atoms. The van der Waals surface area contributed by atoms with Gasteiger partial charge in [0.25, 0.3) is 5.91 Å². The first-order valence-corrected chi connectivity index (χ1v) is 6.19. The second-order valence-corrected chi connectivity index (χ2v) is 4.44. The van der Waals surface area contributed by atoms with E-state index < -0.39 is 0 Å². The Bertz CT molecular complexity index is 540. The lowest BCUT2D eigenvalue weighted by atomic mass is 10.2. The van der Waals surface area contributed by atoms with Crippen molar-refractivity contribution in [2.24, 2.45) is 0 Å². The molecule has 0 aliphatic carbocycles. The van der Waals surface area contributed by atoms with Gasteiger partial charge >= 0.3 is 0 Å². The van der Waals surface area contributed by atoms with Gasteiger partial charge in [0.2, 0.25) is 0 Å². The lowest BCUT2D eigenvalue weighted by molar-refractivity contribution is 0.102. The Morgan fingerprint density at radius 3 is 3.00 bits per heavy atom. The monoisotopic (exact) mass is 309 g/mol. The Kier molecular flexibility index (Phi) is 3.93. The maximum Gasteiger partial charge on any atom is 0.259 e. The van der Waals surface area contributed by atoms with Crippen molar-refractivity contribution in [2.75, 3.05) is 17.2 Å². The maximum atomic E-state index is 12.1. The molecule has 1 amide bonds. The van der Waals surface area contributed by atoms with E-state index >= 15 is 0 Å². The molecule has 0 saturated carbocycles. The van der Waals surface area contributed by atoms with Crippen molar-refractivity contribution in [3.05, 3.63) is 34.7 Å². The van der Waals surface area contributed by atoms with E-state index in [-0.39, 0.29) is 5.91 Å². The van der Waals surface area contributed by atoms with E-state index in [2.05, 4.69) is 41.7 Å². The summed E-state index contributed by atoms with van der Waals surface area (Å²) < 4.78 is 0.751. The van der Waals surface area contributed by atoms with E-state index in [9.17, 15) is 4.79 Å². The molecule has 18 heavy (non-hydrogen) atoms. The lowest BCUT2D eigenvalue weighted by Gasteiger charge is -2.09. The molecule has 0 aromatic carbocycles. The van der Waals surface area contributed by atoms with Gasteiger partial charge in [0.1, 0.15) is 5.82 Å². The van der Waals surface area contributed by atoms with Crippen LogP contribution in [0.4, 0.5) is 11.5 Å². The van der Waals surface area contributed by atoms with Gasteiger partial charge < -0.3 is 10.6 Å². The number of nitrogens with zero attached hydrogens (tertiary/aromatic N) is 2. The Labute approximate surface area is 112 Å². The van der Waals surface area contributed by atoms with Gasteiger partial charge in [-0.05, 0) is 28.9 Å². The number of anilines is 2. The van der Waals surface area contributed by atoms with Gasteiger partial charge in [0.15, 0.2) is 0 Å². The number of hydrogen-bond donors (Lipinski definition) is 3. The zero-order valence-corrected chi connectivity index (χ0v) is 11.3. The number of aromatic amines is 1. The molecule has 0 aliphatic heterocycles. The van der Waals surface area contributed by atoms with Crippen LogP contribution in [0.5, 0.6) is 0 Å². The number of nitrogens with one attached hydrogen (secondary N) is 3. The van der Waals surface area contributed by atoms with Crippen LogP contribution in [0.3, 0.4) is 0 Å². The van der Waals surface area contributed by atoms with Crippen molar-refractivity contribution < 1.29 is 4.79 Å². The SMILES string of the molecule is CCNc1ncc(Br)cc1C(=O)Nc1cn[nH]c1.